The van der Waals surface area contributed by atoms with Gasteiger partial charge in [-0.15, -0.1) is 0 Å². The summed E-state index contributed by atoms with van der Waals surface area (Å²) in [6, 6.07) is 12.0. The molecular weight excluding hydrogens is 330 g/mol. The van der Waals surface area contributed by atoms with Crippen LogP contribution in [-0.4, -0.2) is 36.7 Å². The molecule has 2 rings (SSSR count). The van der Waals surface area contributed by atoms with Crippen molar-refractivity contribution in [2.75, 3.05) is 16.8 Å². The van der Waals surface area contributed by atoms with Crippen molar-refractivity contribution in [3.63, 3.8) is 0 Å². The van der Waals surface area contributed by atoms with Crippen LogP contribution in [0.1, 0.15) is 5.56 Å². The Morgan fingerprint density at radius 1 is 0.958 bits per heavy atom. The predicted molar refractivity (Wildman–Crippen MR) is 89.8 cm³/mol. The van der Waals surface area contributed by atoms with Crippen molar-refractivity contribution in [1.82, 2.24) is 10.3 Å². The molecule has 2 amide bonds. The van der Waals surface area contributed by atoms with Crippen LogP contribution in [0.4, 0.5) is 5.69 Å². The van der Waals surface area contributed by atoms with Crippen LogP contribution in [0, 0.1) is 0 Å². The molecule has 2 N–H and O–H groups in total. The third kappa shape index (κ3) is 6.17. The highest BCUT2D eigenvalue weighted by atomic mass is 32.2. The summed E-state index contributed by atoms with van der Waals surface area (Å²) in [6.45, 7) is 0.179. The number of nitrogens with zero attached hydrogens (tertiary/aromatic N) is 1. The number of amides is 2. The molecule has 0 unspecified atom stereocenters. The van der Waals surface area contributed by atoms with Crippen LogP contribution in [0.25, 0.3) is 0 Å². The summed E-state index contributed by atoms with van der Waals surface area (Å²) in [5.74, 6) is -2.83. The molecule has 0 aliphatic carbocycles. The van der Waals surface area contributed by atoms with Crippen LogP contribution in [0.3, 0.4) is 0 Å². The lowest BCUT2D eigenvalue weighted by Crippen LogP contribution is -2.33. The Labute approximate surface area is 140 Å². The van der Waals surface area contributed by atoms with Gasteiger partial charge in [0.1, 0.15) is 11.5 Å². The van der Waals surface area contributed by atoms with Crippen LogP contribution in [0.15, 0.2) is 54.9 Å². The summed E-state index contributed by atoms with van der Waals surface area (Å²) in [6.07, 6.45) is 3.17. The summed E-state index contributed by atoms with van der Waals surface area (Å²) in [5.41, 5.74) is 1.25. The number of pyridine rings is 1. The molecular formula is C16H17N3O4S. The monoisotopic (exact) mass is 347 g/mol. The van der Waals surface area contributed by atoms with Crippen LogP contribution in [0.2, 0.25) is 0 Å². The Kier molecular flexibility index (Phi) is 6.02. The first kappa shape index (κ1) is 17.6. The second-order valence-electron chi connectivity index (χ2n) is 5.08. The second kappa shape index (κ2) is 8.21. The van der Waals surface area contributed by atoms with E-state index in [9.17, 15) is 18.0 Å². The Hall–Kier alpha value is -2.74. The van der Waals surface area contributed by atoms with E-state index >= 15 is 0 Å². The summed E-state index contributed by atoms with van der Waals surface area (Å²) < 4.78 is 23.8. The molecule has 1 aromatic carbocycles. The molecule has 126 valence electrons. The minimum absolute atomic E-state index is 0.179. The first-order valence-corrected chi connectivity index (χ1v) is 8.98. The van der Waals surface area contributed by atoms with Gasteiger partial charge in [-0.1, -0.05) is 24.3 Å². The summed E-state index contributed by atoms with van der Waals surface area (Å²) in [4.78, 5) is 27.4. The van der Waals surface area contributed by atoms with Gasteiger partial charge in [0.25, 0.3) is 0 Å². The first-order valence-electron chi connectivity index (χ1n) is 7.15. The normalized spacial score (nSPS) is 10.8. The van der Waals surface area contributed by atoms with E-state index < -0.39 is 33.2 Å². The molecule has 24 heavy (non-hydrogen) atoms. The lowest BCUT2D eigenvalue weighted by molar-refractivity contribution is -0.118. The SMILES string of the molecule is O=C(CS(=O)(=O)CC(=O)Nc1ccccc1)NCc1cccnc1. The highest BCUT2D eigenvalue weighted by Gasteiger charge is 2.20. The van der Waals surface area contributed by atoms with Crippen molar-refractivity contribution in [2.24, 2.45) is 0 Å². The number of carbonyl (C=O) groups is 2. The largest absolute Gasteiger partial charge is 0.351 e. The maximum Gasteiger partial charge on any atom is 0.239 e. The van der Waals surface area contributed by atoms with Gasteiger partial charge in [-0.2, -0.15) is 0 Å². The van der Waals surface area contributed by atoms with Crippen molar-refractivity contribution in [1.29, 1.82) is 0 Å². The third-order valence-corrected chi connectivity index (χ3v) is 4.38. The van der Waals surface area contributed by atoms with E-state index in [1.165, 1.54) is 0 Å². The van der Waals surface area contributed by atoms with Crippen LogP contribution >= 0.6 is 0 Å². The zero-order valence-corrected chi connectivity index (χ0v) is 13.6. The molecule has 0 atom stereocenters. The second-order valence-corrected chi connectivity index (χ2v) is 7.15. The number of aromatic nitrogens is 1. The Morgan fingerprint density at radius 3 is 2.33 bits per heavy atom. The van der Waals surface area contributed by atoms with Gasteiger partial charge in [-0.3, -0.25) is 14.6 Å². The molecule has 0 saturated carbocycles. The van der Waals surface area contributed by atoms with Crippen molar-refractivity contribution >= 4 is 27.3 Å². The molecule has 0 radical (unpaired) electrons. The lowest BCUT2D eigenvalue weighted by atomic mass is 10.3. The van der Waals surface area contributed by atoms with Crippen molar-refractivity contribution < 1.29 is 18.0 Å². The first-order chi connectivity index (χ1) is 11.4. The number of hydrogen-bond donors (Lipinski definition) is 2. The molecule has 7 nitrogen and oxygen atoms in total. The number of benzene rings is 1. The number of hydrogen-bond acceptors (Lipinski definition) is 5. The number of para-hydroxylation sites is 1. The van der Waals surface area contributed by atoms with Gasteiger partial charge in [0.15, 0.2) is 9.84 Å². The number of anilines is 1. The molecule has 0 saturated heterocycles. The van der Waals surface area contributed by atoms with E-state index in [1.807, 2.05) is 0 Å². The van der Waals surface area contributed by atoms with Crippen molar-refractivity contribution in [3.05, 3.63) is 60.4 Å². The fourth-order valence-electron chi connectivity index (χ4n) is 1.92. The molecule has 0 aliphatic rings. The number of rotatable bonds is 7. The smallest absolute Gasteiger partial charge is 0.239 e. The van der Waals surface area contributed by atoms with Gasteiger partial charge in [0, 0.05) is 24.6 Å². The standard InChI is InChI=1S/C16H17N3O4S/c20-15(18-10-13-5-4-8-17-9-13)11-24(22,23)12-16(21)19-14-6-2-1-3-7-14/h1-9H,10-12H2,(H,18,20)(H,19,21). The van der Waals surface area contributed by atoms with E-state index in [4.69, 9.17) is 0 Å². The lowest BCUT2D eigenvalue weighted by Gasteiger charge is -2.07. The average molecular weight is 347 g/mol. The zero-order valence-electron chi connectivity index (χ0n) is 12.8. The molecule has 1 aromatic heterocycles. The van der Waals surface area contributed by atoms with Gasteiger partial charge >= 0.3 is 0 Å². The van der Waals surface area contributed by atoms with Crippen molar-refractivity contribution in [3.8, 4) is 0 Å². The van der Waals surface area contributed by atoms with E-state index in [0.29, 0.717) is 5.69 Å². The van der Waals surface area contributed by atoms with Crippen LogP contribution < -0.4 is 10.6 Å². The molecule has 0 fully saturated rings. The molecule has 0 bridgehead atoms. The Morgan fingerprint density at radius 2 is 1.67 bits per heavy atom. The number of nitrogens with one attached hydrogen (secondary N) is 2. The Bertz CT molecular complexity index is 793. The van der Waals surface area contributed by atoms with E-state index in [1.54, 1.807) is 54.9 Å². The van der Waals surface area contributed by atoms with Crippen molar-refractivity contribution in [2.45, 2.75) is 6.54 Å². The molecule has 2 aromatic rings. The zero-order chi connectivity index (χ0) is 17.4. The molecule has 0 spiro atoms. The van der Waals surface area contributed by atoms with Crippen LogP contribution in [0.5, 0.6) is 0 Å². The van der Waals surface area contributed by atoms with Crippen LogP contribution in [-0.2, 0) is 26.0 Å². The van der Waals surface area contributed by atoms with Gasteiger partial charge in [-0.05, 0) is 23.8 Å². The molecule has 0 aliphatic heterocycles. The van der Waals surface area contributed by atoms with E-state index in [-0.39, 0.29) is 6.54 Å². The Balaban J connectivity index is 1.81. The minimum Gasteiger partial charge on any atom is -0.351 e. The number of sulfone groups is 1. The molecule has 8 heteroatoms. The highest BCUT2D eigenvalue weighted by molar-refractivity contribution is 7.92. The van der Waals surface area contributed by atoms with Gasteiger partial charge in [0.05, 0.1) is 0 Å². The maximum atomic E-state index is 11.9. The average Bonchev–Trinajstić information content (AvgIpc) is 2.53. The van der Waals surface area contributed by atoms with E-state index in [0.717, 1.165) is 5.56 Å². The number of carbonyl (C=O) groups excluding carboxylic acids is 2. The summed E-state index contributed by atoms with van der Waals surface area (Å²) in [5, 5.41) is 4.96. The topological polar surface area (TPSA) is 105 Å². The van der Waals surface area contributed by atoms with Gasteiger partial charge in [0.2, 0.25) is 11.8 Å². The highest BCUT2D eigenvalue weighted by Crippen LogP contribution is 2.05. The van der Waals surface area contributed by atoms with E-state index in [2.05, 4.69) is 15.6 Å². The minimum atomic E-state index is -3.84. The fourth-order valence-corrected chi connectivity index (χ4v) is 3.00. The van der Waals surface area contributed by atoms with Gasteiger partial charge < -0.3 is 10.6 Å². The summed E-state index contributed by atoms with van der Waals surface area (Å²) in [7, 11) is -3.84. The predicted octanol–water partition coefficient (Wildman–Crippen LogP) is 0.751. The van der Waals surface area contributed by atoms with Gasteiger partial charge in [-0.25, -0.2) is 8.42 Å². The fraction of sp³-hybridized carbons (Fsp3) is 0.188. The quantitative estimate of drug-likeness (QED) is 0.769. The maximum absolute atomic E-state index is 11.9. The third-order valence-electron chi connectivity index (χ3n) is 2.97. The molecule has 1 heterocycles. The summed E-state index contributed by atoms with van der Waals surface area (Å²) >= 11 is 0.